The molecule has 2 N–H and O–H groups in total. The molecule has 0 bridgehead atoms. The number of rotatable bonds is 9. The second-order valence-electron chi connectivity index (χ2n) is 4.76. The van der Waals surface area contributed by atoms with E-state index in [-0.39, 0.29) is 19.1 Å². The van der Waals surface area contributed by atoms with Gasteiger partial charge in [-0.05, 0) is 24.3 Å². The molecule has 0 fully saturated rings. The lowest BCUT2D eigenvalue weighted by Crippen LogP contribution is -2.18. The summed E-state index contributed by atoms with van der Waals surface area (Å²) in [7, 11) is 0. The number of hydrogen-bond acceptors (Lipinski definition) is 3. The fraction of sp³-hybridized carbons (Fsp3) is 0.600. The van der Waals surface area contributed by atoms with Crippen LogP contribution in [0.3, 0.4) is 0 Å². The van der Waals surface area contributed by atoms with Gasteiger partial charge in [-0.1, -0.05) is 37.3 Å². The van der Waals surface area contributed by atoms with E-state index >= 15 is 0 Å². The van der Waals surface area contributed by atoms with Gasteiger partial charge in [0.05, 0.1) is 19.8 Å². The van der Waals surface area contributed by atoms with Crippen molar-refractivity contribution in [3.8, 4) is 0 Å². The summed E-state index contributed by atoms with van der Waals surface area (Å²) >= 11 is 0. The largest absolute Gasteiger partial charge is 0.396 e. The van der Waals surface area contributed by atoms with Crippen LogP contribution < -0.4 is 0 Å². The molecule has 3 heteroatoms. The molecule has 0 aliphatic carbocycles. The second-order valence-corrected chi connectivity index (χ2v) is 4.76. The predicted molar refractivity (Wildman–Crippen MR) is 72.6 cm³/mol. The second kappa shape index (κ2) is 9.09. The van der Waals surface area contributed by atoms with E-state index in [1.807, 2.05) is 6.07 Å². The van der Waals surface area contributed by atoms with E-state index in [0.29, 0.717) is 19.1 Å². The first-order valence-corrected chi connectivity index (χ1v) is 6.62. The van der Waals surface area contributed by atoms with Crippen molar-refractivity contribution in [2.45, 2.75) is 25.7 Å². The lowest BCUT2D eigenvalue weighted by Gasteiger charge is -2.13. The molecule has 3 nitrogen and oxygen atoms in total. The number of ether oxygens (including phenoxy) is 1. The third kappa shape index (κ3) is 5.63. The highest BCUT2D eigenvalue weighted by Crippen LogP contribution is 2.19. The lowest BCUT2D eigenvalue weighted by molar-refractivity contribution is 0.0433. The maximum Gasteiger partial charge on any atom is 0.0538 e. The average molecular weight is 252 g/mol. The molecule has 1 atom stereocenters. The zero-order valence-electron chi connectivity index (χ0n) is 11.1. The van der Waals surface area contributed by atoms with Gasteiger partial charge in [-0.15, -0.1) is 0 Å². The number of aliphatic hydroxyl groups excluding tert-OH is 2. The molecule has 1 aromatic carbocycles. The number of aliphatic hydroxyl groups is 2. The van der Waals surface area contributed by atoms with Gasteiger partial charge in [0, 0.05) is 12.5 Å². The van der Waals surface area contributed by atoms with Gasteiger partial charge in [-0.2, -0.15) is 0 Å². The molecule has 0 saturated carbocycles. The topological polar surface area (TPSA) is 49.7 Å². The van der Waals surface area contributed by atoms with E-state index in [9.17, 15) is 0 Å². The third-order valence-corrected chi connectivity index (χ3v) is 3.16. The molecular formula is C15H24O3. The molecule has 0 amide bonds. The Morgan fingerprint density at radius 3 is 2.39 bits per heavy atom. The van der Waals surface area contributed by atoms with Gasteiger partial charge in [0.15, 0.2) is 0 Å². The average Bonchev–Trinajstić information content (AvgIpc) is 2.43. The van der Waals surface area contributed by atoms with Crippen LogP contribution in [0.2, 0.25) is 0 Å². The summed E-state index contributed by atoms with van der Waals surface area (Å²) in [5, 5.41) is 17.8. The Kier molecular flexibility index (Phi) is 7.65. The summed E-state index contributed by atoms with van der Waals surface area (Å²) in [5.41, 5.74) is 1.36. The summed E-state index contributed by atoms with van der Waals surface area (Å²) in [6.45, 7) is 3.31. The molecule has 0 radical (unpaired) electrons. The Morgan fingerprint density at radius 1 is 1.11 bits per heavy atom. The van der Waals surface area contributed by atoms with Crippen molar-refractivity contribution in [2.75, 3.05) is 26.4 Å². The Hall–Kier alpha value is -0.900. The van der Waals surface area contributed by atoms with Crippen LogP contribution in [-0.4, -0.2) is 36.6 Å². The Bertz CT molecular complexity index is 296. The normalized spacial score (nSPS) is 12.9. The smallest absolute Gasteiger partial charge is 0.0538 e. The van der Waals surface area contributed by atoms with Crippen molar-refractivity contribution in [3.05, 3.63) is 35.9 Å². The summed E-state index contributed by atoms with van der Waals surface area (Å²) < 4.78 is 5.44. The summed E-state index contributed by atoms with van der Waals surface area (Å²) in [6.07, 6.45) is 2.09. The first-order valence-electron chi connectivity index (χ1n) is 6.62. The molecule has 0 saturated heterocycles. The SMILES string of the molecule is CC(CCCOCC(CO)CO)c1ccccc1. The molecule has 102 valence electrons. The van der Waals surface area contributed by atoms with Crippen LogP contribution in [-0.2, 0) is 4.74 Å². The zero-order valence-corrected chi connectivity index (χ0v) is 11.1. The number of hydrogen-bond donors (Lipinski definition) is 2. The maximum absolute atomic E-state index is 8.88. The van der Waals surface area contributed by atoms with Gasteiger partial charge in [0.25, 0.3) is 0 Å². The van der Waals surface area contributed by atoms with Crippen LogP contribution in [0.5, 0.6) is 0 Å². The highest BCUT2D eigenvalue weighted by molar-refractivity contribution is 5.18. The van der Waals surface area contributed by atoms with Crippen LogP contribution in [0, 0.1) is 5.92 Å². The van der Waals surface area contributed by atoms with Crippen molar-refractivity contribution >= 4 is 0 Å². The van der Waals surface area contributed by atoms with E-state index in [1.165, 1.54) is 5.56 Å². The quantitative estimate of drug-likeness (QED) is 0.662. The highest BCUT2D eigenvalue weighted by Gasteiger charge is 2.07. The minimum atomic E-state index is -0.142. The molecular weight excluding hydrogens is 228 g/mol. The van der Waals surface area contributed by atoms with Crippen LogP contribution in [0.4, 0.5) is 0 Å². The minimum absolute atomic E-state index is 0.0169. The van der Waals surface area contributed by atoms with Crippen LogP contribution in [0.15, 0.2) is 30.3 Å². The third-order valence-electron chi connectivity index (χ3n) is 3.16. The van der Waals surface area contributed by atoms with E-state index < -0.39 is 0 Å². The van der Waals surface area contributed by atoms with Crippen molar-refractivity contribution in [1.29, 1.82) is 0 Å². The summed E-state index contributed by atoms with van der Waals surface area (Å²) in [4.78, 5) is 0. The van der Waals surface area contributed by atoms with Crippen LogP contribution in [0.1, 0.15) is 31.2 Å². The Balaban J connectivity index is 2.11. The predicted octanol–water partition coefficient (Wildman–Crippen LogP) is 2.19. The fourth-order valence-corrected chi connectivity index (χ4v) is 1.85. The highest BCUT2D eigenvalue weighted by atomic mass is 16.5. The van der Waals surface area contributed by atoms with E-state index in [4.69, 9.17) is 14.9 Å². The molecule has 0 aliphatic rings. The molecule has 1 unspecified atom stereocenters. The van der Waals surface area contributed by atoms with Crippen molar-refractivity contribution in [2.24, 2.45) is 5.92 Å². The standard InChI is InChI=1S/C15H24O3/c1-13(15-7-3-2-4-8-15)6-5-9-18-12-14(10-16)11-17/h2-4,7-8,13-14,16-17H,5-6,9-12H2,1H3. The van der Waals surface area contributed by atoms with E-state index in [0.717, 1.165) is 12.8 Å². The van der Waals surface area contributed by atoms with Gasteiger partial charge in [0.2, 0.25) is 0 Å². The molecule has 18 heavy (non-hydrogen) atoms. The lowest BCUT2D eigenvalue weighted by atomic mass is 9.97. The van der Waals surface area contributed by atoms with Gasteiger partial charge >= 0.3 is 0 Å². The van der Waals surface area contributed by atoms with Crippen LogP contribution in [0.25, 0.3) is 0 Å². The minimum Gasteiger partial charge on any atom is -0.396 e. The molecule has 0 heterocycles. The summed E-state index contributed by atoms with van der Waals surface area (Å²) in [6, 6.07) is 10.5. The van der Waals surface area contributed by atoms with Crippen molar-refractivity contribution in [3.63, 3.8) is 0 Å². The zero-order chi connectivity index (χ0) is 13.2. The van der Waals surface area contributed by atoms with E-state index in [2.05, 4.69) is 31.2 Å². The van der Waals surface area contributed by atoms with Gasteiger partial charge in [-0.3, -0.25) is 0 Å². The molecule has 1 rings (SSSR count). The first kappa shape index (κ1) is 15.2. The van der Waals surface area contributed by atoms with Gasteiger partial charge < -0.3 is 14.9 Å². The fourth-order valence-electron chi connectivity index (χ4n) is 1.85. The molecule has 0 spiro atoms. The van der Waals surface area contributed by atoms with Crippen molar-refractivity contribution in [1.82, 2.24) is 0 Å². The first-order chi connectivity index (χ1) is 8.77. The molecule has 0 aromatic heterocycles. The van der Waals surface area contributed by atoms with Gasteiger partial charge in [-0.25, -0.2) is 0 Å². The van der Waals surface area contributed by atoms with Crippen LogP contribution >= 0.6 is 0 Å². The molecule has 1 aromatic rings. The number of benzene rings is 1. The molecule has 0 aliphatic heterocycles. The summed E-state index contributed by atoms with van der Waals surface area (Å²) in [5.74, 6) is 0.401. The Morgan fingerprint density at radius 2 is 1.78 bits per heavy atom. The monoisotopic (exact) mass is 252 g/mol. The van der Waals surface area contributed by atoms with Crippen molar-refractivity contribution < 1.29 is 14.9 Å². The maximum atomic E-state index is 8.88. The Labute approximate surface area is 109 Å². The van der Waals surface area contributed by atoms with Gasteiger partial charge in [0.1, 0.15) is 0 Å². The van der Waals surface area contributed by atoms with E-state index in [1.54, 1.807) is 0 Å².